The monoisotopic (exact) mass is 506 g/mol. The molecule has 0 fully saturated rings. The van der Waals surface area contributed by atoms with E-state index in [0.717, 1.165) is 55.2 Å². The highest BCUT2D eigenvalue weighted by atomic mass is 32.2. The van der Waals surface area contributed by atoms with Crippen LogP contribution in [0.25, 0.3) is 20.4 Å². The smallest absolute Gasteiger partial charge is 0.234 e. The van der Waals surface area contributed by atoms with Crippen molar-refractivity contribution in [3.8, 4) is 0 Å². The SMILES string of the molecule is Cc1cccc(NC(=O)CSc2ncnc3c2sc2nc(CC(C)C)c4c(c23)CC(C)(C)OC4)c1. The minimum atomic E-state index is -0.233. The van der Waals surface area contributed by atoms with Crippen molar-refractivity contribution in [2.24, 2.45) is 5.92 Å². The summed E-state index contributed by atoms with van der Waals surface area (Å²) in [6.07, 6.45) is 3.35. The Morgan fingerprint density at radius 1 is 1.26 bits per heavy atom. The van der Waals surface area contributed by atoms with Crippen LogP contribution in [0.4, 0.5) is 5.69 Å². The van der Waals surface area contributed by atoms with Gasteiger partial charge in [0.25, 0.3) is 0 Å². The minimum absolute atomic E-state index is 0.0536. The average Bonchev–Trinajstić information content (AvgIpc) is 3.15. The molecule has 0 saturated heterocycles. The molecule has 0 bridgehead atoms. The lowest BCUT2D eigenvalue weighted by molar-refractivity contribution is -0.113. The van der Waals surface area contributed by atoms with E-state index in [-0.39, 0.29) is 17.3 Å². The lowest BCUT2D eigenvalue weighted by Gasteiger charge is -2.33. The Balaban J connectivity index is 1.51. The fourth-order valence-corrected chi connectivity index (χ4v) is 6.62. The molecule has 35 heavy (non-hydrogen) atoms. The van der Waals surface area contributed by atoms with Gasteiger partial charge >= 0.3 is 0 Å². The van der Waals surface area contributed by atoms with Gasteiger partial charge in [0.1, 0.15) is 16.2 Å². The third kappa shape index (κ3) is 5.06. The first-order valence-electron chi connectivity index (χ1n) is 11.9. The largest absolute Gasteiger partial charge is 0.370 e. The number of hydrogen-bond acceptors (Lipinski definition) is 7. The van der Waals surface area contributed by atoms with Crippen LogP contribution < -0.4 is 5.32 Å². The number of amides is 1. The van der Waals surface area contributed by atoms with E-state index in [0.29, 0.717) is 12.5 Å². The maximum absolute atomic E-state index is 12.6. The Labute approximate surface area is 213 Å². The van der Waals surface area contributed by atoms with Gasteiger partial charge in [0, 0.05) is 28.8 Å². The van der Waals surface area contributed by atoms with E-state index in [1.54, 1.807) is 17.7 Å². The zero-order chi connectivity index (χ0) is 24.7. The number of nitrogens with zero attached hydrogens (tertiary/aromatic N) is 3. The minimum Gasteiger partial charge on any atom is -0.370 e. The number of aryl methyl sites for hydroxylation is 1. The number of benzene rings is 1. The molecule has 6 nitrogen and oxygen atoms in total. The Hall–Kier alpha value is -2.55. The summed E-state index contributed by atoms with van der Waals surface area (Å²) in [4.78, 5) is 27.9. The fourth-order valence-electron chi connectivity index (χ4n) is 4.56. The standard InChI is InChI=1S/C27H30N4O2S2/c1-15(2)9-20-19-12-33-27(4,5)11-18(19)22-23-24(35-25(22)31-20)26(29-14-28-23)34-13-21(32)30-17-8-6-7-16(3)10-17/h6-8,10,14-15H,9,11-13H2,1-5H3,(H,30,32). The van der Waals surface area contributed by atoms with Crippen LogP contribution in [0.3, 0.4) is 0 Å². The second kappa shape index (κ2) is 9.48. The summed E-state index contributed by atoms with van der Waals surface area (Å²) in [5, 5.41) is 4.92. The Bertz CT molecular complexity index is 1430. The van der Waals surface area contributed by atoms with E-state index in [2.05, 4.69) is 43.0 Å². The van der Waals surface area contributed by atoms with E-state index < -0.39 is 0 Å². The van der Waals surface area contributed by atoms with Crippen molar-refractivity contribution in [1.29, 1.82) is 0 Å². The third-order valence-electron chi connectivity index (χ3n) is 6.12. The highest BCUT2D eigenvalue weighted by Gasteiger charge is 2.31. The van der Waals surface area contributed by atoms with E-state index in [1.807, 2.05) is 31.2 Å². The molecule has 1 aliphatic rings. The molecule has 4 heterocycles. The second-order valence-electron chi connectivity index (χ2n) is 10.2. The fraction of sp³-hybridized carbons (Fsp3) is 0.407. The zero-order valence-corrected chi connectivity index (χ0v) is 22.4. The average molecular weight is 507 g/mol. The maximum atomic E-state index is 12.6. The van der Waals surface area contributed by atoms with E-state index in [4.69, 9.17) is 9.72 Å². The molecule has 0 saturated carbocycles. The molecule has 1 aromatic carbocycles. The number of fused-ring (bicyclic) bond motifs is 5. The van der Waals surface area contributed by atoms with Crippen LogP contribution in [-0.4, -0.2) is 32.2 Å². The van der Waals surface area contributed by atoms with E-state index >= 15 is 0 Å². The van der Waals surface area contributed by atoms with E-state index in [9.17, 15) is 4.79 Å². The number of nitrogens with one attached hydrogen (secondary N) is 1. The van der Waals surface area contributed by atoms with Crippen LogP contribution in [0.5, 0.6) is 0 Å². The highest BCUT2D eigenvalue weighted by Crippen LogP contribution is 2.43. The Morgan fingerprint density at radius 2 is 2.09 bits per heavy atom. The molecule has 182 valence electrons. The van der Waals surface area contributed by atoms with Crippen molar-refractivity contribution in [2.75, 3.05) is 11.1 Å². The summed E-state index contributed by atoms with van der Waals surface area (Å²) < 4.78 is 7.18. The van der Waals surface area contributed by atoms with E-state index in [1.165, 1.54) is 22.9 Å². The third-order valence-corrected chi connectivity index (χ3v) is 8.32. The van der Waals surface area contributed by atoms with Crippen LogP contribution in [0.1, 0.15) is 50.1 Å². The molecule has 3 aromatic heterocycles. The molecule has 5 rings (SSSR count). The van der Waals surface area contributed by atoms with Crippen molar-refractivity contribution in [3.63, 3.8) is 0 Å². The number of ether oxygens (including phenoxy) is 1. The van der Waals surface area contributed by atoms with Gasteiger partial charge in [0.15, 0.2) is 0 Å². The van der Waals surface area contributed by atoms with Gasteiger partial charge < -0.3 is 10.1 Å². The molecular formula is C27H30N4O2S2. The number of thiophene rings is 1. The number of carbonyl (C=O) groups excluding carboxylic acids is 1. The van der Waals surface area contributed by atoms with Gasteiger partial charge in [-0.15, -0.1) is 11.3 Å². The summed E-state index contributed by atoms with van der Waals surface area (Å²) in [6.45, 7) is 11.3. The lowest BCUT2D eigenvalue weighted by Crippen LogP contribution is -2.33. The molecule has 1 aliphatic heterocycles. The number of pyridine rings is 1. The number of thioether (sulfide) groups is 1. The van der Waals surface area contributed by atoms with Crippen molar-refractivity contribution >= 4 is 55.1 Å². The molecule has 0 unspecified atom stereocenters. The first-order valence-corrected chi connectivity index (χ1v) is 13.7. The van der Waals surface area contributed by atoms with Crippen molar-refractivity contribution in [3.05, 3.63) is 53.0 Å². The topological polar surface area (TPSA) is 77.0 Å². The van der Waals surface area contributed by atoms with Crippen molar-refractivity contribution < 1.29 is 9.53 Å². The molecule has 0 radical (unpaired) electrons. The highest BCUT2D eigenvalue weighted by molar-refractivity contribution is 8.00. The van der Waals surface area contributed by atoms with Gasteiger partial charge in [-0.1, -0.05) is 37.7 Å². The van der Waals surface area contributed by atoms with Gasteiger partial charge in [-0.3, -0.25) is 4.79 Å². The van der Waals surface area contributed by atoms with Gasteiger partial charge in [-0.25, -0.2) is 15.0 Å². The van der Waals surface area contributed by atoms with Crippen LogP contribution in [0.15, 0.2) is 35.6 Å². The second-order valence-corrected chi connectivity index (χ2v) is 12.1. The zero-order valence-electron chi connectivity index (χ0n) is 20.8. The van der Waals surface area contributed by atoms with Gasteiger partial charge in [-0.2, -0.15) is 0 Å². The predicted octanol–water partition coefficient (Wildman–Crippen LogP) is 6.33. The molecular weight excluding hydrogens is 476 g/mol. The Morgan fingerprint density at radius 3 is 2.86 bits per heavy atom. The number of hydrogen-bond donors (Lipinski definition) is 1. The van der Waals surface area contributed by atoms with Crippen LogP contribution >= 0.6 is 23.1 Å². The number of carbonyl (C=O) groups is 1. The molecule has 0 spiro atoms. The summed E-state index contributed by atoms with van der Waals surface area (Å²) in [6, 6.07) is 7.82. The molecule has 4 aromatic rings. The lowest BCUT2D eigenvalue weighted by atomic mass is 9.88. The first kappa shape index (κ1) is 24.2. The maximum Gasteiger partial charge on any atom is 0.234 e. The molecule has 1 N–H and O–H groups in total. The predicted molar refractivity (Wildman–Crippen MR) is 144 cm³/mol. The summed E-state index contributed by atoms with van der Waals surface area (Å²) >= 11 is 3.07. The van der Waals surface area contributed by atoms with Gasteiger partial charge in [0.2, 0.25) is 5.91 Å². The van der Waals surface area contributed by atoms with Crippen LogP contribution in [0, 0.1) is 12.8 Å². The number of aromatic nitrogens is 3. The molecule has 1 amide bonds. The number of rotatable bonds is 6. The van der Waals surface area contributed by atoms with Gasteiger partial charge in [-0.05, 0) is 56.4 Å². The van der Waals surface area contributed by atoms with Crippen molar-refractivity contribution in [1.82, 2.24) is 15.0 Å². The normalized spacial score (nSPS) is 15.0. The summed E-state index contributed by atoms with van der Waals surface area (Å²) in [5.74, 6) is 0.729. The van der Waals surface area contributed by atoms with Crippen LogP contribution in [0.2, 0.25) is 0 Å². The Kier molecular flexibility index (Phi) is 6.55. The molecule has 8 heteroatoms. The van der Waals surface area contributed by atoms with Crippen molar-refractivity contribution in [2.45, 2.75) is 64.7 Å². The van der Waals surface area contributed by atoms with Crippen LogP contribution in [-0.2, 0) is 29.0 Å². The number of anilines is 1. The first-order chi connectivity index (χ1) is 16.7. The summed E-state index contributed by atoms with van der Waals surface area (Å²) in [7, 11) is 0. The summed E-state index contributed by atoms with van der Waals surface area (Å²) in [5.41, 5.74) is 6.27. The quantitative estimate of drug-likeness (QED) is 0.243. The molecule has 0 aliphatic carbocycles. The van der Waals surface area contributed by atoms with Gasteiger partial charge in [0.05, 0.1) is 28.2 Å². The molecule has 0 atom stereocenters.